The molecule has 7 heteroatoms. The van der Waals surface area contributed by atoms with Crippen LogP contribution in [-0.4, -0.2) is 45.2 Å². The monoisotopic (exact) mass is 365 g/mol. The molecule has 0 bridgehead atoms. The number of hydrogen-bond acceptors (Lipinski definition) is 4. The van der Waals surface area contributed by atoms with Crippen molar-refractivity contribution >= 4 is 11.7 Å². The molecule has 0 unspecified atom stereocenters. The lowest BCUT2D eigenvalue weighted by Crippen LogP contribution is -2.44. The summed E-state index contributed by atoms with van der Waals surface area (Å²) < 4.78 is 7.55. The van der Waals surface area contributed by atoms with Crippen molar-refractivity contribution in [1.82, 2.24) is 24.8 Å². The summed E-state index contributed by atoms with van der Waals surface area (Å²) in [6.07, 6.45) is 5.39. The number of aromatic nitrogens is 3. The Morgan fingerprint density at radius 2 is 1.96 bits per heavy atom. The number of urea groups is 1. The second kappa shape index (κ2) is 8.07. The van der Waals surface area contributed by atoms with E-state index in [1.807, 2.05) is 47.4 Å². The molecule has 140 valence electrons. The third-order valence-corrected chi connectivity index (χ3v) is 4.89. The molecule has 1 saturated heterocycles. The number of benzene rings is 1. The van der Waals surface area contributed by atoms with E-state index in [2.05, 4.69) is 15.4 Å². The molecule has 1 fully saturated rings. The predicted molar refractivity (Wildman–Crippen MR) is 101 cm³/mol. The van der Waals surface area contributed by atoms with Gasteiger partial charge in [0.1, 0.15) is 0 Å². The van der Waals surface area contributed by atoms with Gasteiger partial charge in [0.25, 0.3) is 0 Å². The third kappa shape index (κ3) is 4.36. The number of amides is 2. The molecule has 4 rings (SSSR count). The predicted octanol–water partition coefficient (Wildman–Crippen LogP) is 2.73. The normalized spacial score (nSPS) is 15.0. The SMILES string of the molecule is O=C(NCc1ccccc1)N1CCC(COc2ccc3nccn3n2)CC1. The first kappa shape index (κ1) is 17.3. The highest BCUT2D eigenvalue weighted by atomic mass is 16.5. The molecule has 1 aliphatic heterocycles. The summed E-state index contributed by atoms with van der Waals surface area (Å²) in [6, 6.07) is 13.7. The number of rotatable bonds is 5. The van der Waals surface area contributed by atoms with Gasteiger partial charge < -0.3 is 15.0 Å². The van der Waals surface area contributed by atoms with Crippen LogP contribution in [0.15, 0.2) is 54.9 Å². The van der Waals surface area contributed by atoms with Crippen LogP contribution in [0, 0.1) is 5.92 Å². The van der Waals surface area contributed by atoms with E-state index in [4.69, 9.17) is 4.74 Å². The molecule has 0 saturated carbocycles. The van der Waals surface area contributed by atoms with E-state index in [1.165, 1.54) is 0 Å². The number of carbonyl (C=O) groups excluding carboxylic acids is 1. The van der Waals surface area contributed by atoms with Crippen LogP contribution in [0.1, 0.15) is 18.4 Å². The molecule has 0 radical (unpaired) electrons. The molecule has 3 aromatic rings. The van der Waals surface area contributed by atoms with Gasteiger partial charge in [-0.15, -0.1) is 5.10 Å². The minimum absolute atomic E-state index is 0.00504. The Labute approximate surface area is 158 Å². The van der Waals surface area contributed by atoms with Crippen molar-refractivity contribution in [1.29, 1.82) is 0 Å². The number of fused-ring (bicyclic) bond motifs is 1. The van der Waals surface area contributed by atoms with Gasteiger partial charge in [0.05, 0.1) is 6.61 Å². The van der Waals surface area contributed by atoms with E-state index in [1.54, 1.807) is 16.9 Å². The molecule has 1 N–H and O–H groups in total. The first-order valence-electron chi connectivity index (χ1n) is 9.28. The number of likely N-dealkylation sites (tertiary alicyclic amines) is 1. The highest BCUT2D eigenvalue weighted by Crippen LogP contribution is 2.19. The molecule has 1 aromatic carbocycles. The van der Waals surface area contributed by atoms with Crippen LogP contribution in [0.5, 0.6) is 5.88 Å². The number of nitrogens with zero attached hydrogens (tertiary/aromatic N) is 4. The summed E-state index contributed by atoms with van der Waals surface area (Å²) in [5, 5.41) is 7.37. The van der Waals surface area contributed by atoms with Crippen LogP contribution in [0.4, 0.5) is 4.79 Å². The number of hydrogen-bond donors (Lipinski definition) is 1. The van der Waals surface area contributed by atoms with Gasteiger partial charge in [0.2, 0.25) is 5.88 Å². The van der Waals surface area contributed by atoms with Gasteiger partial charge in [-0.3, -0.25) is 0 Å². The summed E-state index contributed by atoms with van der Waals surface area (Å²) in [7, 11) is 0. The maximum Gasteiger partial charge on any atom is 0.317 e. The average molecular weight is 365 g/mol. The lowest BCUT2D eigenvalue weighted by molar-refractivity contribution is 0.142. The maximum absolute atomic E-state index is 12.3. The second-order valence-corrected chi connectivity index (χ2v) is 6.79. The van der Waals surface area contributed by atoms with E-state index in [9.17, 15) is 4.79 Å². The summed E-state index contributed by atoms with van der Waals surface area (Å²) in [6.45, 7) is 2.68. The minimum Gasteiger partial charge on any atom is -0.476 e. The first-order valence-corrected chi connectivity index (χ1v) is 9.28. The Bertz CT molecular complexity index is 888. The van der Waals surface area contributed by atoms with Crippen molar-refractivity contribution in [3.8, 4) is 5.88 Å². The lowest BCUT2D eigenvalue weighted by Gasteiger charge is -2.31. The molecule has 2 aromatic heterocycles. The largest absolute Gasteiger partial charge is 0.476 e. The number of imidazole rings is 1. The Morgan fingerprint density at radius 3 is 2.78 bits per heavy atom. The third-order valence-electron chi connectivity index (χ3n) is 4.89. The minimum atomic E-state index is 0.00504. The van der Waals surface area contributed by atoms with Gasteiger partial charge in [-0.2, -0.15) is 0 Å². The van der Waals surface area contributed by atoms with Gasteiger partial charge >= 0.3 is 6.03 Å². The fraction of sp³-hybridized carbons (Fsp3) is 0.350. The van der Waals surface area contributed by atoms with Gasteiger partial charge in [0.15, 0.2) is 5.65 Å². The van der Waals surface area contributed by atoms with Crippen molar-refractivity contribution < 1.29 is 9.53 Å². The Hall–Kier alpha value is -3.09. The maximum atomic E-state index is 12.3. The Kier molecular flexibility index (Phi) is 5.18. The van der Waals surface area contributed by atoms with Gasteiger partial charge in [-0.1, -0.05) is 30.3 Å². The van der Waals surface area contributed by atoms with Crippen molar-refractivity contribution in [2.75, 3.05) is 19.7 Å². The summed E-state index contributed by atoms with van der Waals surface area (Å²) >= 11 is 0. The van der Waals surface area contributed by atoms with Crippen LogP contribution >= 0.6 is 0 Å². The zero-order valence-corrected chi connectivity index (χ0v) is 15.1. The van der Waals surface area contributed by atoms with Crippen LogP contribution in [0.2, 0.25) is 0 Å². The quantitative estimate of drug-likeness (QED) is 0.755. The Balaban J connectivity index is 1.21. The molecule has 0 spiro atoms. The smallest absolute Gasteiger partial charge is 0.317 e. The topological polar surface area (TPSA) is 71.8 Å². The van der Waals surface area contributed by atoms with Gasteiger partial charge in [0, 0.05) is 38.1 Å². The van der Waals surface area contributed by atoms with Crippen molar-refractivity contribution in [2.45, 2.75) is 19.4 Å². The number of carbonyl (C=O) groups is 1. The standard InChI is InChI=1S/C20H23N5O2/c26-20(22-14-16-4-2-1-3-5-16)24-11-8-17(9-12-24)15-27-19-7-6-18-21-10-13-25(18)23-19/h1-7,10,13,17H,8-9,11-12,14-15H2,(H,22,26). The van der Waals surface area contributed by atoms with Crippen molar-refractivity contribution in [3.05, 3.63) is 60.4 Å². The summed E-state index contributed by atoms with van der Waals surface area (Å²) in [4.78, 5) is 18.4. The summed E-state index contributed by atoms with van der Waals surface area (Å²) in [5.41, 5.74) is 1.91. The van der Waals surface area contributed by atoms with E-state index in [0.29, 0.717) is 24.9 Å². The fourth-order valence-corrected chi connectivity index (χ4v) is 3.27. The van der Waals surface area contributed by atoms with Crippen LogP contribution in [0.3, 0.4) is 0 Å². The molecule has 1 aliphatic rings. The molecule has 7 nitrogen and oxygen atoms in total. The number of ether oxygens (including phenoxy) is 1. The molecule has 3 heterocycles. The van der Waals surface area contributed by atoms with Gasteiger partial charge in [-0.25, -0.2) is 14.3 Å². The van der Waals surface area contributed by atoms with E-state index in [-0.39, 0.29) is 6.03 Å². The number of nitrogens with one attached hydrogen (secondary N) is 1. The van der Waals surface area contributed by atoms with Crippen molar-refractivity contribution in [3.63, 3.8) is 0 Å². The highest BCUT2D eigenvalue weighted by Gasteiger charge is 2.23. The zero-order chi connectivity index (χ0) is 18.5. The van der Waals surface area contributed by atoms with Crippen LogP contribution in [-0.2, 0) is 6.54 Å². The molecule has 27 heavy (non-hydrogen) atoms. The highest BCUT2D eigenvalue weighted by molar-refractivity contribution is 5.74. The Morgan fingerprint density at radius 1 is 1.15 bits per heavy atom. The molecule has 0 atom stereocenters. The van der Waals surface area contributed by atoms with Gasteiger partial charge in [-0.05, 0) is 30.4 Å². The van der Waals surface area contributed by atoms with Crippen LogP contribution in [0.25, 0.3) is 5.65 Å². The molecule has 0 aliphatic carbocycles. The van der Waals surface area contributed by atoms with Crippen molar-refractivity contribution in [2.24, 2.45) is 5.92 Å². The average Bonchev–Trinajstić information content (AvgIpc) is 3.19. The second-order valence-electron chi connectivity index (χ2n) is 6.79. The van der Waals surface area contributed by atoms with Crippen LogP contribution < -0.4 is 10.1 Å². The lowest BCUT2D eigenvalue weighted by atomic mass is 9.98. The summed E-state index contributed by atoms with van der Waals surface area (Å²) in [5.74, 6) is 1.03. The molecule has 2 amide bonds. The van der Waals surface area contributed by atoms with E-state index >= 15 is 0 Å². The van der Waals surface area contributed by atoms with E-state index < -0.39 is 0 Å². The fourth-order valence-electron chi connectivity index (χ4n) is 3.27. The first-order chi connectivity index (χ1) is 13.3. The zero-order valence-electron chi connectivity index (χ0n) is 15.1. The van der Waals surface area contributed by atoms with E-state index in [0.717, 1.165) is 37.1 Å². The number of piperidine rings is 1. The molecular weight excluding hydrogens is 342 g/mol. The molecular formula is C20H23N5O2.